The number of fused-ring (bicyclic) bond motifs is 1. The van der Waals surface area contributed by atoms with Gasteiger partial charge in [0.2, 0.25) is 0 Å². The maximum Gasteiger partial charge on any atom is 0.0890 e. The summed E-state index contributed by atoms with van der Waals surface area (Å²) in [5.74, 6) is 0. The Morgan fingerprint density at radius 3 is 2.80 bits per heavy atom. The van der Waals surface area contributed by atoms with Gasteiger partial charge in [-0.2, -0.15) is 5.10 Å². The van der Waals surface area contributed by atoms with Crippen LogP contribution in [0, 0.1) is 0 Å². The van der Waals surface area contributed by atoms with Gasteiger partial charge in [-0.25, -0.2) is 4.98 Å². The van der Waals surface area contributed by atoms with Crippen LogP contribution in [0.5, 0.6) is 0 Å². The number of nitrogens with zero attached hydrogens (tertiary/aromatic N) is 4. The van der Waals surface area contributed by atoms with Crippen molar-refractivity contribution >= 4 is 11.0 Å². The number of para-hydroxylation sites is 2. The van der Waals surface area contributed by atoms with Crippen molar-refractivity contribution in [3.63, 3.8) is 0 Å². The Kier molecular flexibility index (Phi) is 3.43. The van der Waals surface area contributed by atoms with Crippen molar-refractivity contribution in [1.82, 2.24) is 19.7 Å². The Balaban J connectivity index is 1.92. The lowest BCUT2D eigenvalue weighted by molar-refractivity contribution is 0.601. The molecule has 0 amide bonds. The zero-order chi connectivity index (χ0) is 13.9. The lowest BCUT2D eigenvalue weighted by Gasteiger charge is -2.09. The SMILES string of the molecule is CCCn1cc(C(N)c2cnc3ccccc3n2)cn1. The molecule has 2 heterocycles. The summed E-state index contributed by atoms with van der Waals surface area (Å²) in [5.41, 5.74) is 9.73. The summed E-state index contributed by atoms with van der Waals surface area (Å²) in [7, 11) is 0. The molecule has 0 aliphatic heterocycles. The van der Waals surface area contributed by atoms with E-state index in [2.05, 4.69) is 22.0 Å². The molecule has 0 bridgehead atoms. The first kappa shape index (κ1) is 12.7. The van der Waals surface area contributed by atoms with E-state index >= 15 is 0 Å². The molecule has 5 nitrogen and oxygen atoms in total. The summed E-state index contributed by atoms with van der Waals surface area (Å²) >= 11 is 0. The predicted molar refractivity (Wildman–Crippen MR) is 78.1 cm³/mol. The first-order chi connectivity index (χ1) is 9.78. The summed E-state index contributed by atoms with van der Waals surface area (Å²) in [6.07, 6.45) is 6.57. The number of aryl methyl sites for hydroxylation is 1. The van der Waals surface area contributed by atoms with Gasteiger partial charge in [-0.05, 0) is 18.6 Å². The Morgan fingerprint density at radius 2 is 2.00 bits per heavy atom. The minimum absolute atomic E-state index is 0.294. The number of nitrogens with two attached hydrogens (primary N) is 1. The zero-order valence-electron chi connectivity index (χ0n) is 11.4. The minimum atomic E-state index is -0.294. The topological polar surface area (TPSA) is 69.6 Å². The van der Waals surface area contributed by atoms with E-state index < -0.39 is 0 Å². The standard InChI is InChI=1S/C15H17N5/c1-2-7-20-10-11(8-18-20)15(16)14-9-17-12-5-3-4-6-13(12)19-14/h3-6,8-10,15H,2,7,16H2,1H3. The molecule has 0 aliphatic rings. The van der Waals surface area contributed by atoms with Crippen LogP contribution in [0.2, 0.25) is 0 Å². The normalized spacial score (nSPS) is 12.7. The molecule has 0 saturated heterocycles. The number of benzene rings is 1. The Bertz CT molecular complexity index is 719. The molecule has 0 radical (unpaired) electrons. The lowest BCUT2D eigenvalue weighted by Crippen LogP contribution is -2.13. The summed E-state index contributed by atoms with van der Waals surface area (Å²) < 4.78 is 1.91. The van der Waals surface area contributed by atoms with Crippen molar-refractivity contribution in [3.8, 4) is 0 Å². The van der Waals surface area contributed by atoms with Crippen LogP contribution >= 0.6 is 0 Å². The monoisotopic (exact) mass is 267 g/mol. The molecule has 20 heavy (non-hydrogen) atoms. The summed E-state index contributed by atoms with van der Waals surface area (Å²) in [6.45, 7) is 3.02. The molecular weight excluding hydrogens is 250 g/mol. The number of hydrogen-bond acceptors (Lipinski definition) is 4. The predicted octanol–water partition coefficient (Wildman–Crippen LogP) is 2.28. The van der Waals surface area contributed by atoms with Crippen molar-refractivity contribution in [2.45, 2.75) is 25.9 Å². The zero-order valence-corrected chi connectivity index (χ0v) is 11.4. The molecule has 0 spiro atoms. The van der Waals surface area contributed by atoms with Gasteiger partial charge in [0, 0.05) is 18.3 Å². The van der Waals surface area contributed by atoms with E-state index in [-0.39, 0.29) is 6.04 Å². The van der Waals surface area contributed by atoms with Crippen LogP contribution in [0.3, 0.4) is 0 Å². The molecule has 3 aromatic rings. The molecule has 102 valence electrons. The van der Waals surface area contributed by atoms with Crippen LogP contribution in [-0.2, 0) is 6.54 Å². The summed E-state index contributed by atoms with van der Waals surface area (Å²) in [6, 6.07) is 7.49. The summed E-state index contributed by atoms with van der Waals surface area (Å²) in [4.78, 5) is 8.98. The second-order valence-corrected chi connectivity index (χ2v) is 4.80. The molecular formula is C15H17N5. The quantitative estimate of drug-likeness (QED) is 0.787. The molecule has 2 aromatic heterocycles. The maximum atomic E-state index is 6.26. The van der Waals surface area contributed by atoms with Crippen molar-refractivity contribution in [1.29, 1.82) is 0 Å². The maximum absolute atomic E-state index is 6.26. The largest absolute Gasteiger partial charge is 0.319 e. The van der Waals surface area contributed by atoms with Gasteiger partial charge in [0.05, 0.1) is 35.2 Å². The molecule has 2 N–H and O–H groups in total. The van der Waals surface area contributed by atoms with Gasteiger partial charge in [0.25, 0.3) is 0 Å². The first-order valence-electron chi connectivity index (χ1n) is 6.77. The molecule has 3 rings (SSSR count). The van der Waals surface area contributed by atoms with Gasteiger partial charge < -0.3 is 5.73 Å². The average Bonchev–Trinajstić information content (AvgIpc) is 2.95. The number of aromatic nitrogens is 4. The average molecular weight is 267 g/mol. The van der Waals surface area contributed by atoms with Gasteiger partial charge in [-0.3, -0.25) is 9.67 Å². The smallest absolute Gasteiger partial charge is 0.0890 e. The first-order valence-corrected chi connectivity index (χ1v) is 6.77. The van der Waals surface area contributed by atoms with Crippen LogP contribution in [0.1, 0.15) is 30.6 Å². The highest BCUT2D eigenvalue weighted by Gasteiger charge is 2.13. The van der Waals surface area contributed by atoms with Gasteiger partial charge >= 0.3 is 0 Å². The van der Waals surface area contributed by atoms with Gasteiger partial charge in [0.1, 0.15) is 0 Å². The van der Waals surface area contributed by atoms with Crippen LogP contribution in [-0.4, -0.2) is 19.7 Å². The van der Waals surface area contributed by atoms with Gasteiger partial charge in [-0.1, -0.05) is 19.1 Å². The van der Waals surface area contributed by atoms with E-state index in [0.717, 1.165) is 35.3 Å². The number of rotatable bonds is 4. The highest BCUT2D eigenvalue weighted by Crippen LogP contribution is 2.18. The van der Waals surface area contributed by atoms with Gasteiger partial charge in [-0.15, -0.1) is 0 Å². The molecule has 0 fully saturated rings. The van der Waals surface area contributed by atoms with E-state index in [9.17, 15) is 0 Å². The molecule has 5 heteroatoms. The fraction of sp³-hybridized carbons (Fsp3) is 0.267. The van der Waals surface area contributed by atoms with Crippen molar-refractivity contribution in [3.05, 3.63) is 54.1 Å². The third kappa shape index (κ3) is 2.40. The van der Waals surface area contributed by atoms with Crippen LogP contribution < -0.4 is 5.73 Å². The Hall–Kier alpha value is -2.27. The number of hydrogen-bond donors (Lipinski definition) is 1. The van der Waals surface area contributed by atoms with E-state index in [1.807, 2.05) is 35.1 Å². The second kappa shape index (κ2) is 5.38. The fourth-order valence-electron chi connectivity index (χ4n) is 2.18. The lowest BCUT2D eigenvalue weighted by atomic mass is 10.1. The van der Waals surface area contributed by atoms with E-state index in [0.29, 0.717) is 0 Å². The van der Waals surface area contributed by atoms with E-state index in [1.54, 1.807) is 12.4 Å². The Labute approximate surface area is 117 Å². The van der Waals surface area contributed by atoms with Crippen molar-refractivity contribution in [2.24, 2.45) is 5.73 Å². The highest BCUT2D eigenvalue weighted by molar-refractivity contribution is 5.73. The van der Waals surface area contributed by atoms with Crippen molar-refractivity contribution in [2.75, 3.05) is 0 Å². The second-order valence-electron chi connectivity index (χ2n) is 4.80. The molecule has 1 unspecified atom stereocenters. The third-order valence-corrected chi connectivity index (χ3v) is 3.25. The highest BCUT2D eigenvalue weighted by atomic mass is 15.3. The van der Waals surface area contributed by atoms with E-state index in [1.165, 1.54) is 0 Å². The van der Waals surface area contributed by atoms with Crippen LogP contribution in [0.15, 0.2) is 42.9 Å². The Morgan fingerprint density at radius 1 is 1.20 bits per heavy atom. The minimum Gasteiger partial charge on any atom is -0.319 e. The molecule has 1 atom stereocenters. The van der Waals surface area contributed by atoms with E-state index in [4.69, 9.17) is 5.73 Å². The molecule has 0 aliphatic carbocycles. The van der Waals surface area contributed by atoms with Crippen LogP contribution in [0.4, 0.5) is 0 Å². The third-order valence-electron chi connectivity index (χ3n) is 3.25. The molecule has 0 saturated carbocycles. The fourth-order valence-corrected chi connectivity index (χ4v) is 2.18. The van der Waals surface area contributed by atoms with Gasteiger partial charge in [0.15, 0.2) is 0 Å². The molecule has 1 aromatic carbocycles. The van der Waals surface area contributed by atoms with Crippen LogP contribution in [0.25, 0.3) is 11.0 Å². The van der Waals surface area contributed by atoms with Crippen molar-refractivity contribution < 1.29 is 0 Å². The summed E-state index contributed by atoms with van der Waals surface area (Å²) in [5, 5.41) is 4.30.